The van der Waals surface area contributed by atoms with Crippen molar-refractivity contribution in [2.45, 2.75) is 31.3 Å². The Bertz CT molecular complexity index is 856. The average molecular weight is 385 g/mol. The van der Waals surface area contributed by atoms with Gasteiger partial charge < -0.3 is 5.32 Å². The van der Waals surface area contributed by atoms with Crippen molar-refractivity contribution >= 4 is 5.91 Å². The zero-order chi connectivity index (χ0) is 19.9. The third-order valence-electron chi connectivity index (χ3n) is 5.68. The van der Waals surface area contributed by atoms with Crippen LogP contribution >= 0.6 is 0 Å². The fourth-order valence-corrected chi connectivity index (χ4v) is 4.21. The van der Waals surface area contributed by atoms with Crippen LogP contribution in [0.2, 0.25) is 0 Å². The zero-order valence-electron chi connectivity index (χ0n) is 16.7. The monoisotopic (exact) mass is 384 g/mol. The largest absolute Gasteiger partial charge is 0.352 e. The predicted octanol–water partition coefficient (Wildman–Crippen LogP) is 4.60. The zero-order valence-corrected chi connectivity index (χ0v) is 16.7. The molecule has 1 aliphatic heterocycles. The Labute approximate surface area is 173 Å². The summed E-state index contributed by atoms with van der Waals surface area (Å²) in [6, 6.07) is 31.4. The van der Waals surface area contributed by atoms with Crippen molar-refractivity contribution in [2.24, 2.45) is 0 Å². The molecule has 3 aromatic rings. The van der Waals surface area contributed by atoms with Crippen molar-refractivity contribution in [3.8, 4) is 0 Å². The highest BCUT2D eigenvalue weighted by Crippen LogP contribution is 2.28. The van der Waals surface area contributed by atoms with Gasteiger partial charge in [-0.3, -0.25) is 9.69 Å². The molecule has 1 aliphatic rings. The van der Waals surface area contributed by atoms with E-state index in [9.17, 15) is 4.79 Å². The summed E-state index contributed by atoms with van der Waals surface area (Å²) in [5, 5.41) is 3.28. The molecule has 1 heterocycles. The highest BCUT2D eigenvalue weighted by Gasteiger charge is 2.25. The lowest BCUT2D eigenvalue weighted by Crippen LogP contribution is -2.37. The van der Waals surface area contributed by atoms with Gasteiger partial charge in [-0.1, -0.05) is 91.0 Å². The Kier molecular flexibility index (Phi) is 6.38. The van der Waals surface area contributed by atoms with E-state index >= 15 is 0 Å². The molecule has 0 aromatic heterocycles. The van der Waals surface area contributed by atoms with E-state index in [1.165, 1.54) is 16.7 Å². The minimum atomic E-state index is 0.0826. The quantitative estimate of drug-likeness (QED) is 0.646. The summed E-state index contributed by atoms with van der Waals surface area (Å²) in [4.78, 5) is 15.3. The molecule has 0 spiro atoms. The Morgan fingerprint density at radius 2 is 1.41 bits per heavy atom. The Morgan fingerprint density at radius 3 is 2.00 bits per heavy atom. The molecule has 0 aliphatic carbocycles. The van der Waals surface area contributed by atoms with Crippen LogP contribution in [0, 0.1) is 0 Å². The van der Waals surface area contributed by atoms with Crippen LogP contribution in [-0.2, 0) is 11.3 Å². The minimum absolute atomic E-state index is 0.0826. The lowest BCUT2D eigenvalue weighted by atomic mass is 9.88. The van der Waals surface area contributed by atoms with Gasteiger partial charge in [0.05, 0.1) is 0 Å². The Hall–Kier alpha value is -2.91. The lowest BCUT2D eigenvalue weighted by Gasteiger charge is -2.20. The van der Waals surface area contributed by atoms with E-state index in [0.717, 1.165) is 26.1 Å². The van der Waals surface area contributed by atoms with Crippen LogP contribution < -0.4 is 5.32 Å². The van der Waals surface area contributed by atoms with Crippen molar-refractivity contribution in [3.63, 3.8) is 0 Å². The molecule has 0 radical (unpaired) electrons. The average Bonchev–Trinajstić information content (AvgIpc) is 3.20. The number of amides is 1. The molecule has 1 fully saturated rings. The fourth-order valence-electron chi connectivity index (χ4n) is 4.21. The second-order valence-electron chi connectivity index (χ2n) is 7.85. The van der Waals surface area contributed by atoms with Gasteiger partial charge in [-0.2, -0.15) is 0 Å². The van der Waals surface area contributed by atoms with Gasteiger partial charge in [-0.05, 0) is 23.1 Å². The van der Waals surface area contributed by atoms with E-state index < -0.39 is 0 Å². The van der Waals surface area contributed by atoms with Crippen LogP contribution in [0.4, 0.5) is 0 Å². The van der Waals surface area contributed by atoms with Gasteiger partial charge in [-0.15, -0.1) is 0 Å². The first-order valence-electron chi connectivity index (χ1n) is 10.4. The van der Waals surface area contributed by atoms with Crippen molar-refractivity contribution in [2.75, 3.05) is 13.1 Å². The van der Waals surface area contributed by atoms with E-state index in [-0.39, 0.29) is 17.9 Å². The van der Waals surface area contributed by atoms with Crippen LogP contribution in [0.3, 0.4) is 0 Å². The molecule has 3 heteroatoms. The summed E-state index contributed by atoms with van der Waals surface area (Å²) in [6.45, 7) is 2.90. The minimum Gasteiger partial charge on any atom is -0.352 e. The van der Waals surface area contributed by atoms with Crippen LogP contribution in [-0.4, -0.2) is 29.9 Å². The molecule has 3 aromatic carbocycles. The third kappa shape index (κ3) is 5.33. The van der Waals surface area contributed by atoms with Crippen molar-refractivity contribution in [1.29, 1.82) is 0 Å². The summed E-state index contributed by atoms with van der Waals surface area (Å²) in [5.41, 5.74) is 3.70. The van der Waals surface area contributed by atoms with Gasteiger partial charge in [0, 0.05) is 38.0 Å². The molecule has 1 atom stereocenters. The van der Waals surface area contributed by atoms with Gasteiger partial charge in [-0.25, -0.2) is 0 Å². The summed E-state index contributed by atoms with van der Waals surface area (Å²) in [7, 11) is 0. The van der Waals surface area contributed by atoms with Crippen molar-refractivity contribution < 1.29 is 4.79 Å². The lowest BCUT2D eigenvalue weighted by molar-refractivity contribution is -0.121. The second kappa shape index (κ2) is 9.53. The van der Waals surface area contributed by atoms with E-state index in [1.54, 1.807) is 0 Å². The van der Waals surface area contributed by atoms with E-state index in [1.807, 2.05) is 42.5 Å². The molecule has 3 nitrogen and oxygen atoms in total. The number of likely N-dealkylation sites (tertiary alicyclic amines) is 1. The number of hydrogen-bond donors (Lipinski definition) is 1. The maximum absolute atomic E-state index is 12.9. The number of benzene rings is 3. The number of nitrogens with zero attached hydrogens (tertiary/aromatic N) is 1. The Balaban J connectivity index is 1.36. The van der Waals surface area contributed by atoms with E-state index in [4.69, 9.17) is 0 Å². The maximum Gasteiger partial charge on any atom is 0.221 e. The van der Waals surface area contributed by atoms with Crippen LogP contribution in [0.15, 0.2) is 91.0 Å². The van der Waals surface area contributed by atoms with E-state index in [0.29, 0.717) is 6.42 Å². The summed E-state index contributed by atoms with van der Waals surface area (Å²) in [5.74, 6) is 0.216. The molecule has 4 rings (SSSR count). The molecule has 1 amide bonds. The van der Waals surface area contributed by atoms with Gasteiger partial charge in [0.25, 0.3) is 0 Å². The fraction of sp³-hybridized carbons (Fsp3) is 0.269. The molecule has 1 unspecified atom stereocenters. The molecule has 0 bridgehead atoms. The van der Waals surface area contributed by atoms with Gasteiger partial charge in [0.2, 0.25) is 5.91 Å². The number of rotatable bonds is 7. The summed E-state index contributed by atoms with van der Waals surface area (Å²) < 4.78 is 0. The van der Waals surface area contributed by atoms with E-state index in [2.05, 4.69) is 58.7 Å². The number of carbonyl (C=O) groups excluding carboxylic acids is 1. The highest BCUT2D eigenvalue weighted by molar-refractivity contribution is 5.78. The third-order valence-corrected chi connectivity index (χ3v) is 5.68. The number of nitrogens with one attached hydrogen (secondary N) is 1. The molecular formula is C26H28N2O. The van der Waals surface area contributed by atoms with Crippen molar-refractivity contribution in [1.82, 2.24) is 10.2 Å². The topological polar surface area (TPSA) is 32.3 Å². The first kappa shape index (κ1) is 19.4. The Morgan fingerprint density at radius 1 is 0.862 bits per heavy atom. The maximum atomic E-state index is 12.9. The van der Waals surface area contributed by atoms with Crippen LogP contribution in [0.5, 0.6) is 0 Å². The number of carbonyl (C=O) groups is 1. The summed E-state index contributed by atoms with van der Waals surface area (Å²) >= 11 is 0. The van der Waals surface area contributed by atoms with Gasteiger partial charge >= 0.3 is 0 Å². The van der Waals surface area contributed by atoms with Gasteiger partial charge in [0.15, 0.2) is 0 Å². The molecule has 29 heavy (non-hydrogen) atoms. The smallest absolute Gasteiger partial charge is 0.221 e. The SMILES string of the molecule is O=C(CC(c1ccccc1)c1ccccc1)NC1CCN(Cc2ccccc2)C1. The molecule has 148 valence electrons. The second-order valence-corrected chi connectivity index (χ2v) is 7.85. The highest BCUT2D eigenvalue weighted by atomic mass is 16.1. The first-order valence-corrected chi connectivity index (χ1v) is 10.4. The first-order chi connectivity index (χ1) is 14.3. The summed E-state index contributed by atoms with van der Waals surface area (Å²) in [6.07, 6.45) is 1.49. The normalized spacial score (nSPS) is 16.8. The predicted molar refractivity (Wildman–Crippen MR) is 118 cm³/mol. The van der Waals surface area contributed by atoms with Crippen LogP contribution in [0.25, 0.3) is 0 Å². The number of hydrogen-bond acceptors (Lipinski definition) is 2. The standard InChI is InChI=1S/C26H28N2O/c29-26(27-24-16-17-28(20-24)19-21-10-4-1-5-11-21)18-25(22-12-6-2-7-13-22)23-14-8-3-9-15-23/h1-15,24-25H,16-20H2,(H,27,29). The van der Waals surface area contributed by atoms with Crippen LogP contribution in [0.1, 0.15) is 35.4 Å². The van der Waals surface area contributed by atoms with Gasteiger partial charge in [0.1, 0.15) is 0 Å². The molecular weight excluding hydrogens is 356 g/mol. The molecule has 1 N–H and O–H groups in total. The molecule has 0 saturated carbocycles. The van der Waals surface area contributed by atoms with Crippen molar-refractivity contribution in [3.05, 3.63) is 108 Å². The molecule has 1 saturated heterocycles.